The van der Waals surface area contributed by atoms with Crippen LogP contribution in [0.4, 0.5) is 0 Å². The lowest BCUT2D eigenvalue weighted by molar-refractivity contribution is -0.121. The Morgan fingerprint density at radius 3 is 2.73 bits per heavy atom. The molecule has 2 aromatic heterocycles. The molecule has 1 aliphatic heterocycles. The molecule has 0 spiro atoms. The number of hydrogen-bond acceptors (Lipinski definition) is 7. The van der Waals surface area contributed by atoms with Gasteiger partial charge in [-0.05, 0) is 36.8 Å². The first-order valence-electron chi connectivity index (χ1n) is 9.37. The molecule has 10 heteroatoms. The lowest BCUT2D eigenvalue weighted by atomic mass is 10.1. The molecule has 1 aliphatic rings. The smallest absolute Gasteiger partial charge is 0.267 e. The number of nitrogens with one attached hydrogen (secondary N) is 1. The molecule has 0 bridgehead atoms. The molecule has 1 amide bonds. The van der Waals surface area contributed by atoms with E-state index < -0.39 is 0 Å². The van der Waals surface area contributed by atoms with Crippen molar-refractivity contribution in [1.29, 1.82) is 0 Å². The maximum Gasteiger partial charge on any atom is 0.267 e. The summed E-state index contributed by atoms with van der Waals surface area (Å²) >= 11 is 0. The van der Waals surface area contributed by atoms with E-state index >= 15 is 0 Å². The number of benzene rings is 1. The van der Waals surface area contributed by atoms with Gasteiger partial charge in [-0.15, -0.1) is 0 Å². The number of carbonyl (C=O) groups excluding carboxylic acids is 1. The third-order valence-corrected chi connectivity index (χ3v) is 4.48. The maximum absolute atomic E-state index is 12.2. The van der Waals surface area contributed by atoms with Gasteiger partial charge in [0.05, 0.1) is 5.69 Å². The molecule has 30 heavy (non-hydrogen) atoms. The van der Waals surface area contributed by atoms with E-state index in [2.05, 4.69) is 15.5 Å². The summed E-state index contributed by atoms with van der Waals surface area (Å²) in [6, 6.07) is 11.3. The van der Waals surface area contributed by atoms with Crippen LogP contribution in [0.3, 0.4) is 0 Å². The topological polar surface area (TPSA) is 117 Å². The molecule has 10 nitrogen and oxygen atoms in total. The van der Waals surface area contributed by atoms with Gasteiger partial charge in [-0.25, -0.2) is 9.36 Å². The zero-order valence-corrected chi connectivity index (χ0v) is 16.0. The molecular weight excluding hydrogens is 390 g/mol. The molecular formula is C20H19N5O5. The first-order valence-corrected chi connectivity index (χ1v) is 9.37. The third-order valence-electron chi connectivity index (χ3n) is 4.48. The zero-order chi connectivity index (χ0) is 20.9. The normalized spacial score (nSPS) is 12.0. The van der Waals surface area contributed by atoms with E-state index in [4.69, 9.17) is 9.47 Å². The van der Waals surface area contributed by atoms with Gasteiger partial charge in [-0.3, -0.25) is 14.4 Å². The quantitative estimate of drug-likeness (QED) is 0.562. The second-order valence-corrected chi connectivity index (χ2v) is 6.57. The Balaban J connectivity index is 1.36. The summed E-state index contributed by atoms with van der Waals surface area (Å²) in [6.45, 7) is 0.692. The average molecular weight is 409 g/mol. The lowest BCUT2D eigenvalue weighted by Crippen LogP contribution is -2.34. The van der Waals surface area contributed by atoms with Crippen molar-refractivity contribution in [2.24, 2.45) is 0 Å². The molecule has 0 fully saturated rings. The van der Waals surface area contributed by atoms with Crippen molar-refractivity contribution in [2.75, 3.05) is 13.3 Å². The molecule has 0 saturated heterocycles. The van der Waals surface area contributed by atoms with Crippen LogP contribution in [0.5, 0.6) is 11.5 Å². The number of aryl methyl sites for hydroxylation is 1. The van der Waals surface area contributed by atoms with E-state index in [1.807, 2.05) is 6.07 Å². The highest BCUT2D eigenvalue weighted by Gasteiger charge is 2.15. The SMILES string of the molecule is O=C(Cn1nc(-c2ccc3c(c2)OCO3)ccc1=O)NCCCn1ncccc1=O. The van der Waals surface area contributed by atoms with Gasteiger partial charge in [0, 0.05) is 37.0 Å². The summed E-state index contributed by atoms with van der Waals surface area (Å²) in [5.41, 5.74) is 0.707. The van der Waals surface area contributed by atoms with Gasteiger partial charge in [-0.2, -0.15) is 10.2 Å². The van der Waals surface area contributed by atoms with Gasteiger partial charge in [0.15, 0.2) is 11.5 Å². The van der Waals surface area contributed by atoms with Crippen LogP contribution in [0.15, 0.2) is 58.3 Å². The van der Waals surface area contributed by atoms with Gasteiger partial charge in [0.2, 0.25) is 12.7 Å². The van der Waals surface area contributed by atoms with Crippen molar-refractivity contribution in [3.05, 3.63) is 69.4 Å². The minimum atomic E-state index is -0.380. The second-order valence-electron chi connectivity index (χ2n) is 6.57. The largest absolute Gasteiger partial charge is 0.454 e. The molecule has 1 aromatic carbocycles. The van der Waals surface area contributed by atoms with Crippen molar-refractivity contribution < 1.29 is 14.3 Å². The third kappa shape index (κ3) is 4.37. The van der Waals surface area contributed by atoms with Crippen LogP contribution in [-0.2, 0) is 17.9 Å². The highest BCUT2D eigenvalue weighted by Crippen LogP contribution is 2.35. The number of aromatic nitrogens is 4. The molecule has 4 rings (SSSR count). The van der Waals surface area contributed by atoms with E-state index in [1.54, 1.807) is 24.3 Å². The molecule has 0 unspecified atom stereocenters. The maximum atomic E-state index is 12.2. The number of fused-ring (bicyclic) bond motifs is 1. The monoisotopic (exact) mass is 409 g/mol. The molecule has 0 atom stereocenters. The Morgan fingerprint density at radius 1 is 1.03 bits per heavy atom. The number of nitrogens with zero attached hydrogens (tertiary/aromatic N) is 4. The van der Waals surface area contributed by atoms with Crippen molar-refractivity contribution in [3.63, 3.8) is 0 Å². The van der Waals surface area contributed by atoms with Gasteiger partial charge in [0.25, 0.3) is 11.1 Å². The molecule has 3 aromatic rings. The molecule has 1 N–H and O–H groups in total. The summed E-state index contributed by atoms with van der Waals surface area (Å²) in [6.07, 6.45) is 2.06. The van der Waals surface area contributed by atoms with Gasteiger partial charge in [-0.1, -0.05) is 0 Å². The first kappa shape index (κ1) is 19.4. The van der Waals surface area contributed by atoms with Crippen LogP contribution in [0.1, 0.15) is 6.42 Å². The van der Waals surface area contributed by atoms with E-state index in [1.165, 1.54) is 23.0 Å². The van der Waals surface area contributed by atoms with E-state index in [-0.39, 0.29) is 30.4 Å². The lowest BCUT2D eigenvalue weighted by Gasteiger charge is -2.09. The Bertz CT molecular complexity index is 1190. The molecule has 0 radical (unpaired) electrons. The Labute approximate surface area is 170 Å². The predicted molar refractivity (Wildman–Crippen MR) is 106 cm³/mol. The van der Waals surface area contributed by atoms with E-state index in [0.29, 0.717) is 36.7 Å². The Kier molecular flexibility index (Phi) is 5.55. The van der Waals surface area contributed by atoms with Gasteiger partial charge < -0.3 is 14.8 Å². The summed E-state index contributed by atoms with van der Waals surface area (Å²) in [7, 11) is 0. The van der Waals surface area contributed by atoms with Crippen LogP contribution in [0.25, 0.3) is 11.3 Å². The summed E-state index contributed by atoms with van der Waals surface area (Å²) in [5.74, 6) is 0.914. The highest BCUT2D eigenvalue weighted by atomic mass is 16.7. The summed E-state index contributed by atoms with van der Waals surface area (Å²) < 4.78 is 13.1. The first-order chi connectivity index (χ1) is 14.6. The number of rotatable bonds is 7. The molecule has 0 aliphatic carbocycles. The van der Waals surface area contributed by atoms with Crippen LogP contribution < -0.4 is 25.9 Å². The van der Waals surface area contributed by atoms with Gasteiger partial charge >= 0.3 is 0 Å². The van der Waals surface area contributed by atoms with Crippen molar-refractivity contribution in [1.82, 2.24) is 24.9 Å². The standard InChI is InChI=1S/C20H19N5O5/c26-18(21-8-2-10-24-19(27)3-1-9-22-24)12-25-20(28)7-5-15(23-25)14-4-6-16-17(11-14)30-13-29-16/h1,3-7,9,11H,2,8,10,12-13H2,(H,21,26). The van der Waals surface area contributed by atoms with Crippen LogP contribution in [0.2, 0.25) is 0 Å². The fraction of sp³-hybridized carbons (Fsp3) is 0.250. The summed E-state index contributed by atoms with van der Waals surface area (Å²) in [4.78, 5) is 35.9. The summed E-state index contributed by atoms with van der Waals surface area (Å²) in [5, 5.41) is 11.0. The Morgan fingerprint density at radius 2 is 1.87 bits per heavy atom. The predicted octanol–water partition coefficient (Wildman–Crippen LogP) is 0.402. The van der Waals surface area contributed by atoms with E-state index in [0.717, 1.165) is 10.2 Å². The average Bonchev–Trinajstić information content (AvgIpc) is 3.22. The van der Waals surface area contributed by atoms with Crippen molar-refractivity contribution in [3.8, 4) is 22.8 Å². The van der Waals surface area contributed by atoms with Crippen LogP contribution >= 0.6 is 0 Å². The Hall–Kier alpha value is -3.95. The second kappa shape index (κ2) is 8.60. The van der Waals surface area contributed by atoms with Gasteiger partial charge in [0.1, 0.15) is 6.54 Å². The number of amides is 1. The fourth-order valence-electron chi connectivity index (χ4n) is 2.98. The number of hydrogen-bond donors (Lipinski definition) is 1. The number of carbonyl (C=O) groups is 1. The minimum Gasteiger partial charge on any atom is -0.454 e. The van der Waals surface area contributed by atoms with E-state index in [9.17, 15) is 14.4 Å². The molecule has 154 valence electrons. The minimum absolute atomic E-state index is 0.168. The number of ether oxygens (including phenoxy) is 2. The highest BCUT2D eigenvalue weighted by molar-refractivity contribution is 5.75. The fourth-order valence-corrected chi connectivity index (χ4v) is 2.98. The molecule has 0 saturated carbocycles. The van der Waals surface area contributed by atoms with Crippen LogP contribution in [-0.4, -0.2) is 38.8 Å². The zero-order valence-electron chi connectivity index (χ0n) is 16.0. The van der Waals surface area contributed by atoms with Crippen molar-refractivity contribution in [2.45, 2.75) is 19.5 Å². The van der Waals surface area contributed by atoms with Crippen LogP contribution in [0, 0.1) is 0 Å². The molecule has 3 heterocycles. The van der Waals surface area contributed by atoms with Crippen molar-refractivity contribution >= 4 is 5.91 Å².